The van der Waals surface area contributed by atoms with E-state index in [0.29, 0.717) is 6.54 Å². The van der Waals surface area contributed by atoms with Crippen LogP contribution in [-0.2, 0) is 4.74 Å². The van der Waals surface area contributed by atoms with Crippen LogP contribution < -0.4 is 4.90 Å². The zero-order valence-electron chi connectivity index (χ0n) is 10.3. The Kier molecular flexibility index (Phi) is 3.52. The van der Waals surface area contributed by atoms with Gasteiger partial charge in [0.25, 0.3) is 0 Å². The fraction of sp³-hybridized carbons (Fsp3) is 0.462. The summed E-state index contributed by atoms with van der Waals surface area (Å²) in [5.41, 5.74) is 1.21. The van der Waals surface area contributed by atoms with Gasteiger partial charge in [-0.1, -0.05) is 18.2 Å². The highest BCUT2D eigenvalue weighted by molar-refractivity contribution is 5.68. The number of piperazine rings is 1. The Morgan fingerprint density at radius 3 is 2.59 bits per heavy atom. The average molecular weight is 234 g/mol. The van der Waals surface area contributed by atoms with Gasteiger partial charge in [0.2, 0.25) is 0 Å². The number of nitrogens with zero attached hydrogens (tertiary/aromatic N) is 2. The van der Waals surface area contributed by atoms with Crippen LogP contribution >= 0.6 is 0 Å². The minimum absolute atomic E-state index is 0.177. The third-order valence-electron chi connectivity index (χ3n) is 3.16. The number of hydrogen-bond donors (Lipinski definition) is 0. The van der Waals surface area contributed by atoms with Crippen molar-refractivity contribution in [3.05, 3.63) is 30.3 Å². The molecule has 2 rings (SSSR count). The van der Waals surface area contributed by atoms with Crippen LogP contribution in [0.2, 0.25) is 0 Å². The van der Waals surface area contributed by atoms with Gasteiger partial charge in [0.05, 0.1) is 7.11 Å². The van der Waals surface area contributed by atoms with Crippen LogP contribution in [0, 0.1) is 0 Å². The van der Waals surface area contributed by atoms with Crippen LogP contribution in [-0.4, -0.2) is 43.8 Å². The largest absolute Gasteiger partial charge is 0.453 e. The second-order valence-corrected chi connectivity index (χ2v) is 4.29. The summed E-state index contributed by atoms with van der Waals surface area (Å²) < 4.78 is 4.77. The summed E-state index contributed by atoms with van der Waals surface area (Å²) in [6, 6.07) is 10.5. The second-order valence-electron chi connectivity index (χ2n) is 4.29. The molecule has 0 radical (unpaired) electrons. The van der Waals surface area contributed by atoms with Crippen LogP contribution in [0.15, 0.2) is 30.3 Å². The predicted molar refractivity (Wildman–Crippen MR) is 67.2 cm³/mol. The third-order valence-corrected chi connectivity index (χ3v) is 3.16. The maximum Gasteiger partial charge on any atom is 0.409 e. The lowest BCUT2D eigenvalue weighted by molar-refractivity contribution is 0.103. The van der Waals surface area contributed by atoms with Crippen molar-refractivity contribution in [2.45, 2.75) is 13.0 Å². The second kappa shape index (κ2) is 5.08. The minimum atomic E-state index is -0.231. The number of rotatable bonds is 1. The van der Waals surface area contributed by atoms with E-state index < -0.39 is 0 Å². The maximum atomic E-state index is 11.5. The van der Waals surface area contributed by atoms with E-state index in [1.54, 1.807) is 4.90 Å². The van der Waals surface area contributed by atoms with Crippen molar-refractivity contribution in [2.24, 2.45) is 0 Å². The van der Waals surface area contributed by atoms with E-state index in [4.69, 9.17) is 4.74 Å². The number of ether oxygens (including phenoxy) is 1. The Balaban J connectivity index is 2.02. The molecule has 1 amide bonds. The summed E-state index contributed by atoms with van der Waals surface area (Å²) in [6.45, 7) is 4.46. The summed E-state index contributed by atoms with van der Waals surface area (Å²) in [4.78, 5) is 15.6. The molecule has 0 aromatic heterocycles. The monoisotopic (exact) mass is 234 g/mol. The number of anilines is 1. The molecular formula is C13H18N2O2. The molecule has 0 N–H and O–H groups in total. The highest BCUT2D eigenvalue weighted by Crippen LogP contribution is 2.18. The summed E-state index contributed by atoms with van der Waals surface area (Å²) in [5.74, 6) is 0. The first-order chi connectivity index (χ1) is 8.22. The number of para-hydroxylation sites is 1. The van der Waals surface area contributed by atoms with Crippen LogP contribution in [0.3, 0.4) is 0 Å². The lowest BCUT2D eigenvalue weighted by Crippen LogP contribution is -2.54. The number of benzene rings is 1. The zero-order valence-corrected chi connectivity index (χ0v) is 10.3. The molecule has 1 atom stereocenters. The smallest absolute Gasteiger partial charge is 0.409 e. The Labute approximate surface area is 102 Å². The normalized spacial score (nSPS) is 20.2. The lowest BCUT2D eigenvalue weighted by atomic mass is 10.2. The van der Waals surface area contributed by atoms with Crippen molar-refractivity contribution >= 4 is 11.8 Å². The molecule has 1 heterocycles. The van der Waals surface area contributed by atoms with Crippen molar-refractivity contribution in [1.29, 1.82) is 0 Å². The van der Waals surface area contributed by atoms with E-state index in [1.165, 1.54) is 12.8 Å². The Morgan fingerprint density at radius 1 is 1.29 bits per heavy atom. The van der Waals surface area contributed by atoms with E-state index in [2.05, 4.69) is 17.0 Å². The first-order valence-electron chi connectivity index (χ1n) is 5.87. The molecular weight excluding hydrogens is 216 g/mol. The summed E-state index contributed by atoms with van der Waals surface area (Å²) >= 11 is 0. The van der Waals surface area contributed by atoms with Crippen molar-refractivity contribution in [2.75, 3.05) is 31.6 Å². The molecule has 92 valence electrons. The average Bonchev–Trinajstić information content (AvgIpc) is 2.39. The molecule has 1 aliphatic heterocycles. The van der Waals surface area contributed by atoms with E-state index in [9.17, 15) is 4.79 Å². The fourth-order valence-electron chi connectivity index (χ4n) is 2.22. The van der Waals surface area contributed by atoms with Gasteiger partial charge in [-0.25, -0.2) is 4.79 Å². The van der Waals surface area contributed by atoms with E-state index in [1.807, 2.05) is 25.1 Å². The highest BCUT2D eigenvalue weighted by atomic mass is 16.5. The molecule has 1 aliphatic rings. The molecule has 17 heavy (non-hydrogen) atoms. The Morgan fingerprint density at radius 2 is 2.00 bits per heavy atom. The van der Waals surface area contributed by atoms with Gasteiger partial charge in [0.15, 0.2) is 0 Å². The van der Waals surface area contributed by atoms with E-state index in [-0.39, 0.29) is 12.1 Å². The molecule has 1 aromatic rings. The van der Waals surface area contributed by atoms with Crippen molar-refractivity contribution in [3.63, 3.8) is 0 Å². The standard InChI is InChI=1S/C13H18N2O2/c1-11-10-14(12-6-4-3-5-7-12)8-9-15(11)13(16)17-2/h3-7,11H,8-10H2,1-2H3/t11-/m1/s1. The predicted octanol–water partition coefficient (Wildman–Crippen LogP) is 1.96. The Hall–Kier alpha value is -1.71. The van der Waals surface area contributed by atoms with Gasteiger partial charge in [-0.2, -0.15) is 0 Å². The molecule has 0 bridgehead atoms. The van der Waals surface area contributed by atoms with Crippen LogP contribution in [0.25, 0.3) is 0 Å². The summed E-state index contributed by atoms with van der Waals surface area (Å²) in [5, 5.41) is 0. The molecule has 1 aromatic carbocycles. The number of amides is 1. The van der Waals surface area contributed by atoms with Gasteiger partial charge in [-0.15, -0.1) is 0 Å². The minimum Gasteiger partial charge on any atom is -0.453 e. The van der Waals surface area contributed by atoms with Gasteiger partial charge in [-0.05, 0) is 19.1 Å². The number of carbonyl (C=O) groups is 1. The lowest BCUT2D eigenvalue weighted by Gasteiger charge is -2.40. The molecule has 1 saturated heterocycles. The van der Waals surface area contributed by atoms with Crippen LogP contribution in [0.5, 0.6) is 0 Å². The molecule has 0 saturated carbocycles. The fourth-order valence-corrected chi connectivity index (χ4v) is 2.22. The van der Waals surface area contributed by atoms with Gasteiger partial charge in [0.1, 0.15) is 0 Å². The molecule has 4 nitrogen and oxygen atoms in total. The first kappa shape index (κ1) is 11.8. The molecule has 1 fully saturated rings. The van der Waals surface area contributed by atoms with E-state index >= 15 is 0 Å². The van der Waals surface area contributed by atoms with Gasteiger partial charge >= 0.3 is 6.09 Å². The molecule has 0 unspecified atom stereocenters. The highest BCUT2D eigenvalue weighted by Gasteiger charge is 2.27. The van der Waals surface area contributed by atoms with Crippen molar-refractivity contribution in [1.82, 2.24) is 4.90 Å². The third kappa shape index (κ3) is 2.52. The van der Waals surface area contributed by atoms with E-state index in [0.717, 1.165) is 13.1 Å². The zero-order chi connectivity index (χ0) is 12.3. The molecule has 0 spiro atoms. The molecule has 4 heteroatoms. The van der Waals surface area contributed by atoms with Crippen molar-refractivity contribution in [3.8, 4) is 0 Å². The number of carbonyl (C=O) groups excluding carboxylic acids is 1. The number of hydrogen-bond acceptors (Lipinski definition) is 3. The molecule has 0 aliphatic carbocycles. The summed E-state index contributed by atoms with van der Waals surface area (Å²) in [6.07, 6.45) is -0.231. The maximum absolute atomic E-state index is 11.5. The van der Waals surface area contributed by atoms with Gasteiger partial charge < -0.3 is 14.5 Å². The SMILES string of the molecule is COC(=O)N1CCN(c2ccccc2)C[C@H]1C. The topological polar surface area (TPSA) is 32.8 Å². The van der Waals surface area contributed by atoms with Crippen molar-refractivity contribution < 1.29 is 9.53 Å². The summed E-state index contributed by atoms with van der Waals surface area (Å²) in [7, 11) is 1.43. The van der Waals surface area contributed by atoms with Crippen LogP contribution in [0.4, 0.5) is 10.5 Å². The number of methoxy groups -OCH3 is 1. The quantitative estimate of drug-likeness (QED) is 0.744. The first-order valence-corrected chi connectivity index (χ1v) is 5.87. The Bertz CT molecular complexity index is 380. The van der Waals surface area contributed by atoms with Gasteiger partial charge in [-0.3, -0.25) is 0 Å². The van der Waals surface area contributed by atoms with Gasteiger partial charge in [0, 0.05) is 31.4 Å². The van der Waals surface area contributed by atoms with Crippen LogP contribution in [0.1, 0.15) is 6.92 Å².